The zero-order valence-electron chi connectivity index (χ0n) is 23.9. The van der Waals surface area contributed by atoms with Crippen LogP contribution in [0.25, 0.3) is 0 Å². The number of rotatable bonds is 7. The lowest BCUT2D eigenvalue weighted by molar-refractivity contribution is -0.0841. The van der Waals surface area contributed by atoms with Gasteiger partial charge >= 0.3 is 6.09 Å². The Kier molecular flexibility index (Phi) is 7.23. The number of phenolic OH excluding ortho intramolecular Hbond substituents is 2. The van der Waals surface area contributed by atoms with Gasteiger partial charge in [0.05, 0.1) is 37.9 Å². The topological polar surface area (TPSA) is 154 Å². The SMILES string of the molecule is C=CCOC(=O)N1[C@@H]2c3c(cc(O)c(OC)c3O)C[C@H]1[C@@H](C#N)N1[C@@H](CO)c3c(c(OCC=C)c(C)c4c3OCO4)C[C@@H]21. The van der Waals surface area contributed by atoms with Gasteiger partial charge in [-0.05, 0) is 31.4 Å². The number of amides is 1. The molecule has 4 heterocycles. The molecule has 0 spiro atoms. The van der Waals surface area contributed by atoms with E-state index < -0.39 is 36.3 Å². The number of hydrogen-bond donors (Lipinski definition) is 3. The second kappa shape index (κ2) is 10.9. The van der Waals surface area contributed by atoms with Gasteiger partial charge in [0.1, 0.15) is 25.0 Å². The number of methoxy groups -OCH3 is 1. The molecule has 2 bridgehead atoms. The molecule has 0 radical (unpaired) electrons. The first kappa shape index (κ1) is 28.5. The molecule has 5 atom stereocenters. The van der Waals surface area contributed by atoms with Gasteiger partial charge in [-0.1, -0.05) is 25.3 Å². The van der Waals surface area contributed by atoms with Gasteiger partial charge in [0.25, 0.3) is 0 Å². The van der Waals surface area contributed by atoms with E-state index in [9.17, 15) is 25.4 Å². The predicted octanol–water partition coefficient (Wildman–Crippen LogP) is 3.16. The Morgan fingerprint density at radius 2 is 1.88 bits per heavy atom. The van der Waals surface area contributed by atoms with Crippen molar-refractivity contribution in [1.82, 2.24) is 9.80 Å². The summed E-state index contributed by atoms with van der Waals surface area (Å²) in [6.07, 6.45) is 2.77. The first-order chi connectivity index (χ1) is 20.8. The third kappa shape index (κ3) is 4.06. The van der Waals surface area contributed by atoms with Gasteiger partial charge in [0, 0.05) is 28.3 Å². The van der Waals surface area contributed by atoms with Crippen LogP contribution in [0, 0.1) is 18.3 Å². The highest BCUT2D eigenvalue weighted by Crippen LogP contribution is 2.59. The number of aliphatic hydroxyl groups is 1. The van der Waals surface area contributed by atoms with E-state index in [0.29, 0.717) is 39.5 Å². The van der Waals surface area contributed by atoms with Gasteiger partial charge in [-0.2, -0.15) is 5.26 Å². The maximum absolute atomic E-state index is 13.7. The van der Waals surface area contributed by atoms with E-state index in [-0.39, 0.29) is 56.7 Å². The Balaban J connectivity index is 1.62. The zero-order chi connectivity index (χ0) is 30.6. The minimum Gasteiger partial charge on any atom is -0.504 e. The molecule has 1 amide bonds. The summed E-state index contributed by atoms with van der Waals surface area (Å²) in [6.45, 7) is 9.03. The Bertz CT molecular complexity index is 1550. The molecule has 4 aliphatic rings. The van der Waals surface area contributed by atoms with E-state index in [1.54, 1.807) is 6.08 Å². The number of ether oxygens (including phenoxy) is 5. The van der Waals surface area contributed by atoms with Gasteiger partial charge in [0.2, 0.25) is 12.5 Å². The highest BCUT2D eigenvalue weighted by Gasteiger charge is 2.59. The van der Waals surface area contributed by atoms with Crippen LogP contribution in [0.3, 0.4) is 0 Å². The molecule has 1 saturated heterocycles. The Morgan fingerprint density at radius 1 is 1.14 bits per heavy atom. The lowest BCUT2D eigenvalue weighted by Crippen LogP contribution is -2.70. The van der Waals surface area contributed by atoms with E-state index in [0.717, 1.165) is 5.56 Å². The summed E-state index contributed by atoms with van der Waals surface area (Å²) >= 11 is 0. The summed E-state index contributed by atoms with van der Waals surface area (Å²) in [5.41, 5.74) is 3.05. The molecule has 3 N–H and O–H groups in total. The number of nitriles is 1. The largest absolute Gasteiger partial charge is 0.504 e. The van der Waals surface area contributed by atoms with E-state index in [1.165, 1.54) is 24.2 Å². The van der Waals surface area contributed by atoms with Crippen LogP contribution in [-0.4, -0.2) is 83.1 Å². The number of aromatic hydroxyl groups is 2. The first-order valence-corrected chi connectivity index (χ1v) is 14.0. The second-order valence-electron chi connectivity index (χ2n) is 10.8. The van der Waals surface area contributed by atoms with E-state index in [2.05, 4.69) is 19.2 Å². The van der Waals surface area contributed by atoms with Crippen LogP contribution < -0.4 is 18.9 Å². The minimum atomic E-state index is -0.904. The van der Waals surface area contributed by atoms with Crippen LogP contribution in [0.5, 0.6) is 34.5 Å². The molecule has 1 fully saturated rings. The standard InChI is InChI=1S/C31H33N3O9/c1-5-7-40-27-15(3)28-30(43-14-42-28)24-17(27)11-19-25-23-16(10-22(36)29(39-4)26(23)37)9-18(34(25)31(38)41-8-6-2)20(12-32)33(19)21(24)13-35/h5-6,10,18-21,25,35-37H,1-2,7-9,11,13-14H2,3-4H3/t18-,19-,20+,21-,25-/m0/s1. The van der Waals surface area contributed by atoms with Gasteiger partial charge in [-0.15, -0.1) is 0 Å². The molecule has 2 aromatic rings. The Hall–Kier alpha value is -4.60. The summed E-state index contributed by atoms with van der Waals surface area (Å²) in [4.78, 5) is 17.1. The van der Waals surface area contributed by atoms with Gasteiger partial charge < -0.3 is 39.0 Å². The third-order valence-corrected chi connectivity index (χ3v) is 8.81. The van der Waals surface area contributed by atoms with Gasteiger partial charge in [-0.3, -0.25) is 9.80 Å². The van der Waals surface area contributed by atoms with Crippen LogP contribution in [0.1, 0.15) is 39.9 Å². The molecule has 6 rings (SSSR count). The maximum atomic E-state index is 13.7. The van der Waals surface area contributed by atoms with E-state index >= 15 is 0 Å². The number of phenols is 2. The molecule has 0 saturated carbocycles. The number of carbonyl (C=O) groups excluding carboxylic acids is 1. The van der Waals surface area contributed by atoms with Crippen molar-refractivity contribution in [1.29, 1.82) is 5.26 Å². The lowest BCUT2D eigenvalue weighted by atomic mass is 9.72. The van der Waals surface area contributed by atoms with E-state index in [1.807, 2.05) is 11.8 Å². The van der Waals surface area contributed by atoms with Crippen molar-refractivity contribution in [3.05, 3.63) is 59.2 Å². The molecule has 12 nitrogen and oxygen atoms in total. The molecule has 0 aliphatic carbocycles. The fourth-order valence-electron chi connectivity index (χ4n) is 7.31. The van der Waals surface area contributed by atoms with Crippen molar-refractivity contribution >= 4 is 6.09 Å². The summed E-state index contributed by atoms with van der Waals surface area (Å²) in [5, 5.41) is 43.7. The number of carbonyl (C=O) groups is 1. The first-order valence-electron chi connectivity index (χ1n) is 14.0. The molecule has 226 valence electrons. The van der Waals surface area contributed by atoms with Gasteiger partial charge in [-0.25, -0.2) is 4.79 Å². The number of hydrogen-bond acceptors (Lipinski definition) is 11. The average Bonchev–Trinajstić information content (AvgIpc) is 3.49. The molecule has 2 aromatic carbocycles. The minimum absolute atomic E-state index is 0.00448. The van der Waals surface area contributed by atoms with Crippen molar-refractivity contribution in [3.63, 3.8) is 0 Å². The van der Waals surface area contributed by atoms with Gasteiger partial charge in [0.15, 0.2) is 23.0 Å². The highest BCUT2D eigenvalue weighted by atomic mass is 16.7. The molecule has 4 aliphatic heterocycles. The molecule has 0 aromatic heterocycles. The van der Waals surface area contributed by atoms with Crippen molar-refractivity contribution in [2.75, 3.05) is 33.7 Å². The molecule has 0 unspecified atom stereocenters. The van der Waals surface area contributed by atoms with Crippen LogP contribution in [0.15, 0.2) is 31.4 Å². The summed E-state index contributed by atoms with van der Waals surface area (Å²) < 4.78 is 28.8. The molecule has 12 heteroatoms. The van der Waals surface area contributed by atoms with Crippen molar-refractivity contribution in [2.24, 2.45) is 0 Å². The normalized spacial score (nSPS) is 24.6. The number of aliphatic hydroxyl groups excluding tert-OH is 1. The number of benzene rings is 2. The van der Waals surface area contributed by atoms with Crippen LogP contribution in [0.4, 0.5) is 4.79 Å². The van der Waals surface area contributed by atoms with Crippen LogP contribution in [-0.2, 0) is 17.6 Å². The fraction of sp³-hybridized carbons (Fsp3) is 0.419. The number of nitrogens with zero attached hydrogens (tertiary/aromatic N) is 3. The van der Waals surface area contributed by atoms with E-state index in [4.69, 9.17) is 23.7 Å². The van der Waals surface area contributed by atoms with Crippen LogP contribution >= 0.6 is 0 Å². The number of fused-ring (bicyclic) bond motifs is 9. The Morgan fingerprint density at radius 3 is 2.56 bits per heavy atom. The molecular formula is C31H33N3O9. The van der Waals surface area contributed by atoms with Crippen molar-refractivity contribution in [2.45, 2.75) is 50.0 Å². The maximum Gasteiger partial charge on any atom is 0.411 e. The highest BCUT2D eigenvalue weighted by molar-refractivity contribution is 5.73. The second-order valence-corrected chi connectivity index (χ2v) is 10.8. The lowest BCUT2D eigenvalue weighted by Gasteiger charge is -2.59. The van der Waals surface area contributed by atoms with Crippen molar-refractivity contribution < 1.29 is 43.8 Å². The summed E-state index contributed by atoms with van der Waals surface area (Å²) in [6, 6.07) is 0.00263. The monoisotopic (exact) mass is 591 g/mol. The average molecular weight is 592 g/mol. The predicted molar refractivity (Wildman–Crippen MR) is 151 cm³/mol. The quantitative estimate of drug-likeness (QED) is 0.407. The summed E-state index contributed by atoms with van der Waals surface area (Å²) in [5.74, 6) is 0.843. The zero-order valence-corrected chi connectivity index (χ0v) is 23.9. The fourth-order valence-corrected chi connectivity index (χ4v) is 7.31. The summed E-state index contributed by atoms with van der Waals surface area (Å²) in [7, 11) is 1.33. The smallest absolute Gasteiger partial charge is 0.411 e. The molecular weight excluding hydrogens is 558 g/mol. The number of piperazine rings is 1. The Labute approximate surface area is 248 Å². The third-order valence-electron chi connectivity index (χ3n) is 8.81. The molecule has 43 heavy (non-hydrogen) atoms. The van der Waals surface area contributed by atoms with Crippen molar-refractivity contribution in [3.8, 4) is 40.6 Å². The van der Waals surface area contributed by atoms with Crippen LogP contribution in [0.2, 0.25) is 0 Å².